The summed E-state index contributed by atoms with van der Waals surface area (Å²) >= 11 is 0. The zero-order chi connectivity index (χ0) is 14.8. The van der Waals surface area contributed by atoms with E-state index in [-0.39, 0.29) is 17.9 Å². The van der Waals surface area contributed by atoms with Crippen LogP contribution in [0, 0.1) is 5.92 Å². The van der Waals surface area contributed by atoms with Crippen molar-refractivity contribution in [1.82, 2.24) is 10.2 Å². The Hall–Kier alpha value is -1.06. The van der Waals surface area contributed by atoms with Gasteiger partial charge in [-0.05, 0) is 32.1 Å². The number of carbonyl (C=O) groups excluding carboxylic acids is 2. The van der Waals surface area contributed by atoms with Crippen molar-refractivity contribution in [2.75, 3.05) is 6.54 Å². The molecule has 4 heteroatoms. The lowest BCUT2D eigenvalue weighted by atomic mass is 9.78. The summed E-state index contributed by atoms with van der Waals surface area (Å²) in [5.41, 5.74) is -0.590. The van der Waals surface area contributed by atoms with Crippen molar-refractivity contribution in [2.45, 2.75) is 77.3 Å². The highest BCUT2D eigenvalue weighted by molar-refractivity contribution is 5.99. The molecule has 20 heavy (non-hydrogen) atoms. The van der Waals surface area contributed by atoms with Gasteiger partial charge >= 0.3 is 0 Å². The third kappa shape index (κ3) is 2.84. The number of piperazine rings is 1. The summed E-state index contributed by atoms with van der Waals surface area (Å²) in [5.74, 6) is 0.639. The number of nitrogens with zero attached hydrogens (tertiary/aromatic N) is 1. The molecule has 114 valence electrons. The third-order valence-corrected chi connectivity index (χ3v) is 4.88. The predicted octanol–water partition coefficient (Wildman–Crippen LogP) is 2.47. The molecule has 1 aliphatic carbocycles. The molecule has 1 saturated carbocycles. The molecule has 0 aromatic carbocycles. The van der Waals surface area contributed by atoms with Crippen LogP contribution in [0.4, 0.5) is 0 Å². The van der Waals surface area contributed by atoms with Crippen molar-refractivity contribution in [2.24, 2.45) is 5.92 Å². The van der Waals surface area contributed by atoms with Crippen LogP contribution in [-0.2, 0) is 9.59 Å². The zero-order valence-corrected chi connectivity index (χ0v) is 13.1. The van der Waals surface area contributed by atoms with Gasteiger partial charge in [-0.2, -0.15) is 0 Å². The summed E-state index contributed by atoms with van der Waals surface area (Å²) in [7, 11) is 0. The van der Waals surface area contributed by atoms with Gasteiger partial charge in [-0.15, -0.1) is 0 Å². The molecule has 0 bridgehead atoms. The number of rotatable bonds is 4. The average molecular weight is 280 g/mol. The monoisotopic (exact) mass is 280 g/mol. The molecule has 1 aliphatic heterocycles. The van der Waals surface area contributed by atoms with E-state index in [0.29, 0.717) is 12.5 Å². The lowest BCUT2D eigenvalue weighted by Gasteiger charge is -2.47. The number of hydrogen-bond donors (Lipinski definition) is 1. The first-order valence-corrected chi connectivity index (χ1v) is 8.13. The first-order chi connectivity index (χ1) is 9.50. The molecule has 0 aromatic heterocycles. The zero-order valence-electron chi connectivity index (χ0n) is 13.1. The second kappa shape index (κ2) is 6.15. The molecule has 1 N–H and O–H groups in total. The average Bonchev–Trinajstić information content (AvgIpc) is 2.43. The highest BCUT2D eigenvalue weighted by atomic mass is 16.2. The Morgan fingerprint density at radius 2 is 1.95 bits per heavy atom. The maximum absolute atomic E-state index is 12.9. The van der Waals surface area contributed by atoms with Crippen LogP contribution < -0.4 is 5.32 Å². The minimum atomic E-state index is -0.590. The Balaban J connectivity index is 2.15. The number of amides is 2. The Bertz CT molecular complexity index is 375. The fraction of sp³-hybridized carbons (Fsp3) is 0.875. The van der Waals surface area contributed by atoms with Gasteiger partial charge in [-0.1, -0.05) is 39.5 Å². The molecule has 1 heterocycles. The van der Waals surface area contributed by atoms with Gasteiger partial charge < -0.3 is 10.2 Å². The summed E-state index contributed by atoms with van der Waals surface area (Å²) in [6.07, 6.45) is 7.09. The molecule has 2 fully saturated rings. The van der Waals surface area contributed by atoms with Crippen molar-refractivity contribution in [1.29, 1.82) is 0 Å². The molecule has 0 aromatic rings. The minimum absolute atomic E-state index is 0.0233. The van der Waals surface area contributed by atoms with Crippen LogP contribution in [-0.4, -0.2) is 34.8 Å². The van der Waals surface area contributed by atoms with Crippen LogP contribution >= 0.6 is 0 Å². The summed E-state index contributed by atoms with van der Waals surface area (Å²) in [6.45, 7) is 6.89. The van der Waals surface area contributed by atoms with E-state index in [2.05, 4.69) is 19.2 Å². The summed E-state index contributed by atoms with van der Waals surface area (Å²) in [4.78, 5) is 27.0. The van der Waals surface area contributed by atoms with Crippen LogP contribution in [0.5, 0.6) is 0 Å². The van der Waals surface area contributed by atoms with Crippen LogP contribution in [0.3, 0.4) is 0 Å². The Labute approximate surface area is 122 Å². The smallest absolute Gasteiger partial charge is 0.249 e. The molecular formula is C16H28N2O2. The predicted molar refractivity (Wildman–Crippen MR) is 79.2 cm³/mol. The Kier molecular flexibility index (Phi) is 4.71. The molecule has 2 unspecified atom stereocenters. The second-order valence-electron chi connectivity index (χ2n) is 6.66. The van der Waals surface area contributed by atoms with E-state index in [9.17, 15) is 9.59 Å². The number of hydrogen-bond acceptors (Lipinski definition) is 2. The van der Waals surface area contributed by atoms with Gasteiger partial charge in [0, 0.05) is 6.54 Å². The van der Waals surface area contributed by atoms with E-state index in [4.69, 9.17) is 0 Å². The van der Waals surface area contributed by atoms with Crippen LogP contribution in [0.2, 0.25) is 0 Å². The van der Waals surface area contributed by atoms with E-state index in [1.807, 2.05) is 11.8 Å². The van der Waals surface area contributed by atoms with Crippen LogP contribution in [0.1, 0.15) is 65.7 Å². The first-order valence-electron chi connectivity index (χ1n) is 8.13. The van der Waals surface area contributed by atoms with Gasteiger partial charge in [0.2, 0.25) is 11.8 Å². The second-order valence-corrected chi connectivity index (χ2v) is 6.66. The Morgan fingerprint density at radius 3 is 2.55 bits per heavy atom. The number of carbonyl (C=O) groups is 2. The normalized spacial score (nSPS) is 27.6. The van der Waals surface area contributed by atoms with E-state index >= 15 is 0 Å². The lowest BCUT2D eigenvalue weighted by molar-refractivity contribution is -0.156. The summed E-state index contributed by atoms with van der Waals surface area (Å²) < 4.78 is 0. The van der Waals surface area contributed by atoms with Gasteiger partial charge in [0.15, 0.2) is 0 Å². The van der Waals surface area contributed by atoms with Crippen molar-refractivity contribution in [3.8, 4) is 0 Å². The van der Waals surface area contributed by atoms with E-state index < -0.39 is 5.54 Å². The fourth-order valence-electron chi connectivity index (χ4n) is 3.64. The summed E-state index contributed by atoms with van der Waals surface area (Å²) in [5, 5.41) is 3.04. The molecule has 4 nitrogen and oxygen atoms in total. The van der Waals surface area contributed by atoms with Crippen molar-refractivity contribution in [3.05, 3.63) is 0 Å². The Morgan fingerprint density at radius 1 is 1.30 bits per heavy atom. The molecule has 2 aliphatic rings. The van der Waals surface area contributed by atoms with E-state index in [1.54, 1.807) is 0 Å². The van der Waals surface area contributed by atoms with E-state index in [1.165, 1.54) is 6.42 Å². The highest BCUT2D eigenvalue weighted by Gasteiger charge is 2.49. The first kappa shape index (κ1) is 15.3. The standard InChI is InChI=1S/C16H28N2O2/c1-4-8-12(2)11-18-13(3)14(19)17-16(15(18)20)9-6-5-7-10-16/h12-13H,4-11H2,1-3H3,(H,17,19). The van der Waals surface area contributed by atoms with Crippen LogP contribution in [0.25, 0.3) is 0 Å². The molecular weight excluding hydrogens is 252 g/mol. The molecule has 2 amide bonds. The lowest BCUT2D eigenvalue weighted by Crippen LogP contribution is -2.70. The molecule has 1 saturated heterocycles. The van der Waals surface area contributed by atoms with Gasteiger partial charge in [0.05, 0.1) is 0 Å². The SMILES string of the molecule is CCCC(C)CN1C(=O)C2(CCCCC2)NC(=O)C1C. The quantitative estimate of drug-likeness (QED) is 0.860. The maximum atomic E-state index is 12.9. The molecule has 1 spiro atoms. The third-order valence-electron chi connectivity index (χ3n) is 4.88. The van der Waals surface area contributed by atoms with Gasteiger partial charge in [-0.3, -0.25) is 9.59 Å². The maximum Gasteiger partial charge on any atom is 0.249 e. The van der Waals surface area contributed by atoms with Gasteiger partial charge in [0.1, 0.15) is 11.6 Å². The molecule has 2 atom stereocenters. The van der Waals surface area contributed by atoms with Gasteiger partial charge in [-0.25, -0.2) is 0 Å². The largest absolute Gasteiger partial charge is 0.340 e. The van der Waals surface area contributed by atoms with E-state index in [0.717, 1.165) is 38.5 Å². The molecule has 2 rings (SSSR count). The van der Waals surface area contributed by atoms with Crippen molar-refractivity contribution < 1.29 is 9.59 Å². The topological polar surface area (TPSA) is 49.4 Å². The number of nitrogens with one attached hydrogen (secondary N) is 1. The highest BCUT2D eigenvalue weighted by Crippen LogP contribution is 2.33. The summed E-state index contributed by atoms with van der Waals surface area (Å²) in [6, 6.07) is -0.325. The van der Waals surface area contributed by atoms with Crippen molar-refractivity contribution >= 4 is 11.8 Å². The molecule has 0 radical (unpaired) electrons. The van der Waals surface area contributed by atoms with Gasteiger partial charge in [0.25, 0.3) is 0 Å². The van der Waals surface area contributed by atoms with Crippen molar-refractivity contribution in [3.63, 3.8) is 0 Å². The minimum Gasteiger partial charge on any atom is -0.340 e. The fourth-order valence-corrected chi connectivity index (χ4v) is 3.64. The van der Waals surface area contributed by atoms with Crippen LogP contribution in [0.15, 0.2) is 0 Å².